The molecule has 0 aliphatic heterocycles. The van der Waals surface area contributed by atoms with Gasteiger partial charge in [-0.1, -0.05) is 96.9 Å². The average Bonchev–Trinajstić information content (AvgIpc) is 2.82. The zero-order chi connectivity index (χ0) is 25.4. The first-order chi connectivity index (χ1) is 16.7. The Kier molecular flexibility index (Phi) is 9.69. The SMILES string of the molecule is Cc1ccc(CNC(=O)C(CC(C)C)NC(=O)c2nc(SCc3cccc(C)c3)ncc2Cl)cc1. The smallest absolute Gasteiger partial charge is 0.272 e. The third-order valence-corrected chi connectivity index (χ3v) is 6.51. The Balaban J connectivity index is 1.67. The van der Waals surface area contributed by atoms with Crippen LogP contribution in [0.15, 0.2) is 59.9 Å². The van der Waals surface area contributed by atoms with E-state index in [2.05, 4.69) is 26.7 Å². The number of hydrogen-bond acceptors (Lipinski definition) is 5. The van der Waals surface area contributed by atoms with Crippen molar-refractivity contribution in [2.24, 2.45) is 5.92 Å². The van der Waals surface area contributed by atoms with Gasteiger partial charge < -0.3 is 10.6 Å². The molecule has 0 saturated heterocycles. The third kappa shape index (κ3) is 8.37. The Hall–Kier alpha value is -2.90. The van der Waals surface area contributed by atoms with Crippen LogP contribution in [0.3, 0.4) is 0 Å². The average molecular weight is 511 g/mol. The second-order valence-corrected chi connectivity index (χ2v) is 10.3. The summed E-state index contributed by atoms with van der Waals surface area (Å²) in [6.45, 7) is 8.45. The minimum absolute atomic E-state index is 0.0634. The van der Waals surface area contributed by atoms with Gasteiger partial charge in [-0.15, -0.1) is 0 Å². The lowest BCUT2D eigenvalue weighted by molar-refractivity contribution is -0.123. The molecule has 1 heterocycles. The highest BCUT2D eigenvalue weighted by atomic mass is 35.5. The first-order valence-electron chi connectivity index (χ1n) is 11.6. The van der Waals surface area contributed by atoms with Crippen LogP contribution >= 0.6 is 23.4 Å². The first kappa shape index (κ1) is 26.7. The van der Waals surface area contributed by atoms with Gasteiger partial charge in [0.25, 0.3) is 5.91 Å². The van der Waals surface area contributed by atoms with Crippen LogP contribution in [0.4, 0.5) is 0 Å². The molecule has 2 aromatic carbocycles. The summed E-state index contributed by atoms with van der Waals surface area (Å²) in [7, 11) is 0. The van der Waals surface area contributed by atoms with E-state index < -0.39 is 11.9 Å². The molecule has 35 heavy (non-hydrogen) atoms. The van der Waals surface area contributed by atoms with E-state index in [-0.39, 0.29) is 22.5 Å². The van der Waals surface area contributed by atoms with Crippen LogP contribution in [0.25, 0.3) is 0 Å². The van der Waals surface area contributed by atoms with Crippen molar-refractivity contribution in [2.75, 3.05) is 0 Å². The predicted octanol–water partition coefficient (Wildman–Crippen LogP) is 5.50. The molecule has 2 amide bonds. The molecule has 6 nitrogen and oxygen atoms in total. The molecule has 1 aromatic heterocycles. The van der Waals surface area contributed by atoms with Crippen LogP contribution in [0.1, 0.15) is 53.0 Å². The second kappa shape index (κ2) is 12.7. The number of hydrogen-bond donors (Lipinski definition) is 2. The Morgan fingerprint density at radius 1 is 1.03 bits per heavy atom. The lowest BCUT2D eigenvalue weighted by Gasteiger charge is -2.20. The quantitative estimate of drug-likeness (QED) is 0.278. The van der Waals surface area contributed by atoms with Crippen molar-refractivity contribution in [3.05, 3.63) is 87.7 Å². The monoisotopic (exact) mass is 510 g/mol. The molecule has 0 aliphatic carbocycles. The number of amides is 2. The van der Waals surface area contributed by atoms with Gasteiger partial charge >= 0.3 is 0 Å². The standard InChI is InChI=1S/C27H31ClN4O2S/c1-17(2)12-23(25(33)29-14-20-10-8-18(3)9-11-20)31-26(34)24-22(28)15-30-27(32-24)35-16-21-7-5-6-19(4)13-21/h5-11,13,15,17,23H,12,14,16H2,1-4H3,(H,29,33)(H,31,34). The summed E-state index contributed by atoms with van der Waals surface area (Å²) in [5.74, 6) is 0.131. The topological polar surface area (TPSA) is 84.0 Å². The maximum Gasteiger partial charge on any atom is 0.272 e. The Labute approximate surface area is 216 Å². The summed E-state index contributed by atoms with van der Waals surface area (Å²) in [6.07, 6.45) is 1.92. The maximum absolute atomic E-state index is 13.1. The number of nitrogens with zero attached hydrogens (tertiary/aromatic N) is 2. The molecule has 1 unspecified atom stereocenters. The Bertz CT molecular complexity index is 1170. The van der Waals surface area contributed by atoms with E-state index in [1.54, 1.807) is 0 Å². The summed E-state index contributed by atoms with van der Waals surface area (Å²) in [6, 6.07) is 15.4. The zero-order valence-corrected chi connectivity index (χ0v) is 22.0. The van der Waals surface area contributed by atoms with Crippen LogP contribution in [0, 0.1) is 19.8 Å². The molecule has 0 radical (unpaired) electrons. The summed E-state index contributed by atoms with van der Waals surface area (Å²) >= 11 is 7.68. The normalized spacial score (nSPS) is 11.8. The van der Waals surface area contributed by atoms with Gasteiger partial charge in [0.2, 0.25) is 5.91 Å². The van der Waals surface area contributed by atoms with Gasteiger partial charge in [0, 0.05) is 12.3 Å². The highest BCUT2D eigenvalue weighted by Gasteiger charge is 2.24. The highest BCUT2D eigenvalue weighted by Crippen LogP contribution is 2.22. The van der Waals surface area contributed by atoms with Crippen molar-refractivity contribution in [1.82, 2.24) is 20.6 Å². The molecule has 0 aliphatic rings. The van der Waals surface area contributed by atoms with E-state index in [1.165, 1.54) is 23.5 Å². The molecule has 1 atom stereocenters. The lowest BCUT2D eigenvalue weighted by Crippen LogP contribution is -2.47. The van der Waals surface area contributed by atoms with Crippen LogP contribution in [0.5, 0.6) is 0 Å². The minimum Gasteiger partial charge on any atom is -0.350 e. The molecular formula is C27H31ClN4O2S. The number of aromatic nitrogens is 2. The first-order valence-corrected chi connectivity index (χ1v) is 12.9. The summed E-state index contributed by atoms with van der Waals surface area (Å²) in [5.41, 5.74) is 4.53. The van der Waals surface area contributed by atoms with Crippen LogP contribution in [-0.2, 0) is 17.1 Å². The molecule has 0 fully saturated rings. The van der Waals surface area contributed by atoms with Crippen molar-refractivity contribution in [1.29, 1.82) is 0 Å². The van der Waals surface area contributed by atoms with Gasteiger partial charge in [0.15, 0.2) is 10.9 Å². The lowest BCUT2D eigenvalue weighted by atomic mass is 10.0. The molecule has 3 rings (SSSR count). The summed E-state index contributed by atoms with van der Waals surface area (Å²) in [4.78, 5) is 34.6. The number of aryl methyl sites for hydroxylation is 2. The van der Waals surface area contributed by atoms with Crippen molar-refractivity contribution in [3.8, 4) is 0 Å². The number of carbonyl (C=O) groups excluding carboxylic acids is 2. The fourth-order valence-electron chi connectivity index (χ4n) is 3.48. The zero-order valence-electron chi connectivity index (χ0n) is 20.5. The van der Waals surface area contributed by atoms with E-state index >= 15 is 0 Å². The predicted molar refractivity (Wildman–Crippen MR) is 142 cm³/mol. The second-order valence-electron chi connectivity index (χ2n) is 8.99. The molecule has 3 aromatic rings. The number of rotatable bonds is 10. The van der Waals surface area contributed by atoms with Gasteiger partial charge in [0.1, 0.15) is 6.04 Å². The van der Waals surface area contributed by atoms with Gasteiger partial charge in [-0.05, 0) is 37.3 Å². The fraction of sp³-hybridized carbons (Fsp3) is 0.333. The highest BCUT2D eigenvalue weighted by molar-refractivity contribution is 7.98. The van der Waals surface area contributed by atoms with Gasteiger partial charge in [0.05, 0.1) is 11.2 Å². The van der Waals surface area contributed by atoms with Crippen molar-refractivity contribution in [3.63, 3.8) is 0 Å². The molecule has 0 saturated carbocycles. The Morgan fingerprint density at radius 2 is 1.77 bits per heavy atom. The van der Waals surface area contributed by atoms with Crippen molar-refractivity contribution in [2.45, 2.75) is 57.6 Å². The van der Waals surface area contributed by atoms with E-state index in [1.807, 2.05) is 70.2 Å². The van der Waals surface area contributed by atoms with Crippen LogP contribution < -0.4 is 10.6 Å². The molecule has 0 spiro atoms. The number of benzene rings is 2. The van der Waals surface area contributed by atoms with E-state index in [9.17, 15) is 9.59 Å². The van der Waals surface area contributed by atoms with Gasteiger partial charge in [-0.2, -0.15) is 0 Å². The third-order valence-electron chi connectivity index (χ3n) is 5.30. The summed E-state index contributed by atoms with van der Waals surface area (Å²) in [5, 5.41) is 6.34. The van der Waals surface area contributed by atoms with Crippen LogP contribution in [-0.4, -0.2) is 27.8 Å². The largest absolute Gasteiger partial charge is 0.350 e. The molecule has 8 heteroatoms. The number of halogens is 1. The Morgan fingerprint density at radius 3 is 2.46 bits per heavy atom. The fourth-order valence-corrected chi connectivity index (χ4v) is 4.41. The molecule has 0 bridgehead atoms. The molecule has 184 valence electrons. The van der Waals surface area contributed by atoms with Gasteiger partial charge in [-0.3, -0.25) is 9.59 Å². The van der Waals surface area contributed by atoms with E-state index in [0.29, 0.717) is 23.9 Å². The van der Waals surface area contributed by atoms with Gasteiger partial charge in [-0.25, -0.2) is 9.97 Å². The van der Waals surface area contributed by atoms with E-state index in [4.69, 9.17) is 11.6 Å². The maximum atomic E-state index is 13.1. The number of nitrogens with one attached hydrogen (secondary N) is 2. The van der Waals surface area contributed by atoms with Crippen molar-refractivity contribution < 1.29 is 9.59 Å². The van der Waals surface area contributed by atoms with E-state index in [0.717, 1.165) is 16.7 Å². The summed E-state index contributed by atoms with van der Waals surface area (Å²) < 4.78 is 0. The number of thioether (sulfide) groups is 1. The molecule has 2 N–H and O–H groups in total. The minimum atomic E-state index is -0.706. The van der Waals surface area contributed by atoms with Crippen LogP contribution in [0.2, 0.25) is 5.02 Å². The number of carbonyl (C=O) groups is 2. The molecular weight excluding hydrogens is 480 g/mol. The van der Waals surface area contributed by atoms with Crippen molar-refractivity contribution >= 4 is 35.2 Å².